The van der Waals surface area contributed by atoms with E-state index in [1.807, 2.05) is 43.3 Å². The van der Waals surface area contributed by atoms with Crippen molar-refractivity contribution in [1.82, 2.24) is 4.90 Å². The number of furan rings is 1. The molecule has 142 valence electrons. The summed E-state index contributed by atoms with van der Waals surface area (Å²) in [6, 6.07) is 10.8. The summed E-state index contributed by atoms with van der Waals surface area (Å²) in [6.07, 6.45) is 8.23. The van der Waals surface area contributed by atoms with Crippen molar-refractivity contribution < 1.29 is 18.7 Å². The van der Waals surface area contributed by atoms with Crippen LogP contribution < -0.4 is 0 Å². The first-order valence-corrected chi connectivity index (χ1v) is 10.1. The van der Waals surface area contributed by atoms with Gasteiger partial charge in [0.25, 0.3) is 0 Å². The van der Waals surface area contributed by atoms with E-state index in [9.17, 15) is 9.59 Å². The first-order valence-electron chi connectivity index (χ1n) is 9.06. The molecule has 1 saturated heterocycles. The van der Waals surface area contributed by atoms with Crippen LogP contribution >= 0.6 is 11.8 Å². The second-order valence-electron chi connectivity index (χ2n) is 6.27. The topological polar surface area (TPSA) is 59.8 Å². The number of ether oxygens (including phenoxy) is 1. The molecule has 1 aromatic carbocycles. The minimum Gasteiger partial charge on any atom is -0.472 e. The van der Waals surface area contributed by atoms with Gasteiger partial charge in [-0.3, -0.25) is 4.79 Å². The molecule has 0 spiro atoms. The Morgan fingerprint density at radius 2 is 2.11 bits per heavy atom. The van der Waals surface area contributed by atoms with Gasteiger partial charge in [-0.05, 0) is 24.1 Å². The van der Waals surface area contributed by atoms with Gasteiger partial charge in [0.05, 0.1) is 19.1 Å². The molecule has 0 saturated carbocycles. The Hall–Kier alpha value is -2.47. The molecule has 6 heteroatoms. The third-order valence-corrected chi connectivity index (χ3v) is 5.64. The minimum atomic E-state index is -0.598. The summed E-state index contributed by atoms with van der Waals surface area (Å²) in [6.45, 7) is 2.42. The second kappa shape index (κ2) is 9.46. The second-order valence-corrected chi connectivity index (χ2v) is 7.38. The molecule has 1 aromatic heterocycles. The zero-order valence-corrected chi connectivity index (χ0v) is 16.1. The molecule has 1 aliphatic rings. The minimum absolute atomic E-state index is 0.215. The Balaban J connectivity index is 1.78. The monoisotopic (exact) mass is 385 g/mol. The van der Waals surface area contributed by atoms with Gasteiger partial charge in [0, 0.05) is 17.4 Å². The molecular formula is C21H23NO4S. The van der Waals surface area contributed by atoms with E-state index in [1.54, 1.807) is 35.3 Å². The third kappa shape index (κ3) is 4.83. The lowest BCUT2D eigenvalue weighted by Crippen LogP contribution is -2.43. The number of unbranched alkanes of at least 4 members (excludes halogenated alkanes) is 1. The molecule has 0 bridgehead atoms. The maximum absolute atomic E-state index is 13.0. The highest BCUT2D eigenvalue weighted by Crippen LogP contribution is 2.42. The number of hydrogen-bond donors (Lipinski definition) is 0. The van der Waals surface area contributed by atoms with Crippen molar-refractivity contribution in [1.29, 1.82) is 0 Å². The van der Waals surface area contributed by atoms with Gasteiger partial charge >= 0.3 is 5.97 Å². The molecule has 0 aliphatic carbocycles. The highest BCUT2D eigenvalue weighted by Gasteiger charge is 2.42. The predicted molar refractivity (Wildman–Crippen MR) is 106 cm³/mol. The van der Waals surface area contributed by atoms with Gasteiger partial charge in [0.2, 0.25) is 5.91 Å². The van der Waals surface area contributed by atoms with Crippen LogP contribution in [0.5, 0.6) is 0 Å². The van der Waals surface area contributed by atoms with Crippen LogP contribution in [0.2, 0.25) is 0 Å². The molecular weight excluding hydrogens is 362 g/mol. The fourth-order valence-electron chi connectivity index (χ4n) is 2.86. The van der Waals surface area contributed by atoms with Gasteiger partial charge in [0.1, 0.15) is 11.4 Å². The standard InChI is InChI=1S/C21H23NO4S/c1-2-3-12-26-21(24)18-15-27-20(17-11-13-25-14-17)22(18)19(23)10-9-16-7-5-4-6-8-16/h4-11,13-14,18,20H,2-3,12,15H2,1H3/b10-9+. The van der Waals surface area contributed by atoms with Crippen molar-refractivity contribution in [3.63, 3.8) is 0 Å². The molecule has 0 N–H and O–H groups in total. The van der Waals surface area contributed by atoms with E-state index in [-0.39, 0.29) is 17.3 Å². The smallest absolute Gasteiger partial charge is 0.329 e. The third-order valence-electron chi connectivity index (χ3n) is 4.32. The highest BCUT2D eigenvalue weighted by molar-refractivity contribution is 7.99. The average Bonchev–Trinajstić information content (AvgIpc) is 3.36. The summed E-state index contributed by atoms with van der Waals surface area (Å²) >= 11 is 1.54. The van der Waals surface area contributed by atoms with Crippen LogP contribution in [0.25, 0.3) is 6.08 Å². The summed E-state index contributed by atoms with van der Waals surface area (Å²) in [5.41, 5.74) is 1.80. The molecule has 2 atom stereocenters. The maximum atomic E-state index is 13.0. The fourth-order valence-corrected chi connectivity index (χ4v) is 4.26. The number of esters is 1. The lowest BCUT2D eigenvalue weighted by Gasteiger charge is -2.26. The van der Waals surface area contributed by atoms with E-state index < -0.39 is 6.04 Å². The van der Waals surface area contributed by atoms with E-state index in [0.717, 1.165) is 24.0 Å². The zero-order valence-electron chi connectivity index (χ0n) is 15.2. The predicted octanol–water partition coefficient (Wildman–Crippen LogP) is 4.28. The van der Waals surface area contributed by atoms with Crippen molar-refractivity contribution in [2.45, 2.75) is 31.2 Å². The van der Waals surface area contributed by atoms with Crippen LogP contribution in [0.4, 0.5) is 0 Å². The van der Waals surface area contributed by atoms with Crippen LogP contribution in [0, 0.1) is 0 Å². The largest absolute Gasteiger partial charge is 0.472 e. The fraction of sp³-hybridized carbons (Fsp3) is 0.333. The van der Waals surface area contributed by atoms with Gasteiger partial charge in [-0.2, -0.15) is 0 Å². The molecule has 0 radical (unpaired) electrons. The van der Waals surface area contributed by atoms with Crippen molar-refractivity contribution in [3.8, 4) is 0 Å². The molecule has 2 aromatic rings. The molecule has 5 nitrogen and oxygen atoms in total. The molecule has 1 amide bonds. The average molecular weight is 385 g/mol. The first kappa shape index (κ1) is 19.3. The number of rotatable bonds is 7. The summed E-state index contributed by atoms with van der Waals surface area (Å²) in [5, 5.41) is -0.264. The van der Waals surface area contributed by atoms with Crippen molar-refractivity contribution in [3.05, 3.63) is 66.1 Å². The number of amides is 1. The zero-order chi connectivity index (χ0) is 19.1. The molecule has 2 unspecified atom stereocenters. The summed E-state index contributed by atoms with van der Waals surface area (Å²) in [4.78, 5) is 27.1. The Morgan fingerprint density at radius 3 is 2.81 bits per heavy atom. The van der Waals surface area contributed by atoms with Gasteiger partial charge in [-0.1, -0.05) is 43.7 Å². The Bertz CT molecular complexity index is 773. The lowest BCUT2D eigenvalue weighted by atomic mass is 10.2. The molecule has 2 heterocycles. The van der Waals surface area contributed by atoms with Crippen LogP contribution in [0.15, 0.2) is 59.4 Å². The van der Waals surface area contributed by atoms with E-state index in [0.29, 0.717) is 12.4 Å². The number of hydrogen-bond acceptors (Lipinski definition) is 5. The van der Waals surface area contributed by atoms with Crippen molar-refractivity contribution >= 4 is 29.7 Å². The normalized spacial score (nSPS) is 19.5. The summed E-state index contributed by atoms with van der Waals surface area (Å²) < 4.78 is 10.6. The summed E-state index contributed by atoms with van der Waals surface area (Å²) in [7, 11) is 0. The van der Waals surface area contributed by atoms with E-state index >= 15 is 0 Å². The number of thioether (sulfide) groups is 1. The number of benzene rings is 1. The Kier molecular flexibility index (Phi) is 6.76. The first-order chi connectivity index (χ1) is 13.2. The SMILES string of the molecule is CCCCOC(=O)C1CSC(c2ccoc2)N1C(=O)/C=C/c1ccccc1. The van der Waals surface area contributed by atoms with Crippen LogP contribution in [0.1, 0.15) is 36.3 Å². The number of carbonyl (C=O) groups excluding carboxylic acids is 2. The van der Waals surface area contributed by atoms with Crippen LogP contribution in [0.3, 0.4) is 0 Å². The molecule has 3 rings (SSSR count). The lowest BCUT2D eigenvalue weighted by molar-refractivity contribution is -0.152. The maximum Gasteiger partial charge on any atom is 0.329 e. The van der Waals surface area contributed by atoms with E-state index in [4.69, 9.17) is 9.15 Å². The van der Waals surface area contributed by atoms with Gasteiger partial charge in [-0.25, -0.2) is 4.79 Å². The Morgan fingerprint density at radius 1 is 1.30 bits per heavy atom. The highest BCUT2D eigenvalue weighted by atomic mass is 32.2. The Labute approximate surface area is 163 Å². The molecule has 1 aliphatic heterocycles. The molecule has 27 heavy (non-hydrogen) atoms. The van der Waals surface area contributed by atoms with E-state index in [1.165, 1.54) is 6.08 Å². The number of carbonyl (C=O) groups is 2. The summed E-state index contributed by atoms with van der Waals surface area (Å²) in [5.74, 6) is -0.0537. The van der Waals surface area contributed by atoms with Gasteiger partial charge in [-0.15, -0.1) is 11.8 Å². The van der Waals surface area contributed by atoms with Gasteiger partial charge < -0.3 is 14.1 Å². The van der Waals surface area contributed by atoms with E-state index in [2.05, 4.69) is 0 Å². The van der Waals surface area contributed by atoms with Crippen LogP contribution in [-0.4, -0.2) is 35.2 Å². The number of nitrogens with zero attached hydrogens (tertiary/aromatic N) is 1. The van der Waals surface area contributed by atoms with Gasteiger partial charge in [0.15, 0.2) is 0 Å². The molecule has 1 fully saturated rings. The quantitative estimate of drug-likeness (QED) is 0.404. The van der Waals surface area contributed by atoms with Crippen molar-refractivity contribution in [2.24, 2.45) is 0 Å². The van der Waals surface area contributed by atoms with Crippen LogP contribution in [-0.2, 0) is 14.3 Å². The van der Waals surface area contributed by atoms with Crippen molar-refractivity contribution in [2.75, 3.05) is 12.4 Å².